The number of hydrogen-bond acceptors (Lipinski definition) is 3. The number of carbonyl (C=O) groups excluding carboxylic acids is 1. The maximum atomic E-state index is 12.3. The number of benzene rings is 2. The Morgan fingerprint density at radius 3 is 2.71 bits per heavy atom. The number of fused-ring (bicyclic) bond motifs is 1. The predicted octanol–water partition coefficient (Wildman–Crippen LogP) is 2.38. The molecule has 5 heteroatoms. The minimum atomic E-state index is -1.00. The van der Waals surface area contributed by atoms with Gasteiger partial charge in [0.15, 0.2) is 0 Å². The molecule has 0 bridgehead atoms. The summed E-state index contributed by atoms with van der Waals surface area (Å²) in [5.74, 6) is -1.45. The molecule has 24 heavy (non-hydrogen) atoms. The number of hydrogen-bond donors (Lipinski definition) is 2. The lowest BCUT2D eigenvalue weighted by Gasteiger charge is -2.28. The number of amides is 1. The maximum Gasteiger partial charge on any atom is 0.326 e. The van der Waals surface area contributed by atoms with E-state index in [2.05, 4.69) is 5.32 Å². The highest BCUT2D eigenvalue weighted by atomic mass is 16.5. The summed E-state index contributed by atoms with van der Waals surface area (Å²) < 4.78 is 5.35. The zero-order valence-electron chi connectivity index (χ0n) is 13.4. The Hall–Kier alpha value is -2.40. The SMILES string of the molecule is O=C(Cc1ccc2ccccc2c1)NC(C(=O)O)C1CCCOC1. The summed E-state index contributed by atoms with van der Waals surface area (Å²) in [7, 11) is 0. The molecule has 0 spiro atoms. The van der Waals surface area contributed by atoms with Crippen molar-refractivity contribution < 1.29 is 19.4 Å². The zero-order chi connectivity index (χ0) is 16.9. The van der Waals surface area contributed by atoms with Crippen LogP contribution in [0.1, 0.15) is 18.4 Å². The molecule has 2 N–H and O–H groups in total. The molecule has 1 saturated heterocycles. The Bertz CT molecular complexity index is 737. The topological polar surface area (TPSA) is 75.6 Å². The molecule has 126 valence electrons. The van der Waals surface area contributed by atoms with Crippen LogP contribution in [0.5, 0.6) is 0 Å². The summed E-state index contributed by atoms with van der Waals surface area (Å²) in [6.45, 7) is 1.04. The van der Waals surface area contributed by atoms with E-state index in [4.69, 9.17) is 4.74 Å². The number of nitrogens with one attached hydrogen (secondary N) is 1. The third kappa shape index (κ3) is 3.92. The van der Waals surface area contributed by atoms with Crippen molar-refractivity contribution in [2.45, 2.75) is 25.3 Å². The second-order valence-electron chi connectivity index (χ2n) is 6.22. The van der Waals surface area contributed by atoms with Crippen molar-refractivity contribution in [2.75, 3.05) is 13.2 Å². The Kier molecular flexibility index (Phi) is 5.11. The minimum Gasteiger partial charge on any atom is -0.480 e. The Morgan fingerprint density at radius 2 is 2.00 bits per heavy atom. The molecule has 1 aliphatic rings. The molecule has 1 aliphatic heterocycles. The fourth-order valence-corrected chi connectivity index (χ4v) is 3.17. The van der Waals surface area contributed by atoms with Gasteiger partial charge in [-0.15, -0.1) is 0 Å². The second-order valence-corrected chi connectivity index (χ2v) is 6.22. The van der Waals surface area contributed by atoms with Crippen LogP contribution in [0, 0.1) is 5.92 Å². The summed E-state index contributed by atoms with van der Waals surface area (Å²) in [5, 5.41) is 14.3. The molecule has 1 heterocycles. The fraction of sp³-hybridized carbons (Fsp3) is 0.368. The van der Waals surface area contributed by atoms with E-state index >= 15 is 0 Å². The van der Waals surface area contributed by atoms with Crippen LogP contribution >= 0.6 is 0 Å². The molecule has 2 atom stereocenters. The molecule has 0 saturated carbocycles. The van der Waals surface area contributed by atoms with Gasteiger partial charge in [0.05, 0.1) is 13.0 Å². The van der Waals surface area contributed by atoms with Gasteiger partial charge in [0, 0.05) is 12.5 Å². The van der Waals surface area contributed by atoms with E-state index in [1.807, 2.05) is 42.5 Å². The van der Waals surface area contributed by atoms with Crippen molar-refractivity contribution in [3.63, 3.8) is 0 Å². The van der Waals surface area contributed by atoms with Gasteiger partial charge >= 0.3 is 5.97 Å². The van der Waals surface area contributed by atoms with Crippen LogP contribution in [0.4, 0.5) is 0 Å². The largest absolute Gasteiger partial charge is 0.480 e. The second kappa shape index (κ2) is 7.45. The van der Waals surface area contributed by atoms with Gasteiger partial charge in [-0.2, -0.15) is 0 Å². The third-order valence-electron chi connectivity index (χ3n) is 4.43. The van der Waals surface area contributed by atoms with E-state index in [-0.39, 0.29) is 18.2 Å². The van der Waals surface area contributed by atoms with Crippen LogP contribution in [0.3, 0.4) is 0 Å². The monoisotopic (exact) mass is 327 g/mol. The highest BCUT2D eigenvalue weighted by Crippen LogP contribution is 2.19. The number of carbonyl (C=O) groups is 2. The van der Waals surface area contributed by atoms with Gasteiger partial charge in [0.1, 0.15) is 6.04 Å². The minimum absolute atomic E-state index is 0.169. The normalized spacial score (nSPS) is 18.9. The van der Waals surface area contributed by atoms with Crippen molar-refractivity contribution in [3.05, 3.63) is 48.0 Å². The number of carboxylic acid groups (broad SMARTS) is 1. The van der Waals surface area contributed by atoms with Crippen molar-refractivity contribution in [3.8, 4) is 0 Å². The summed E-state index contributed by atoms with van der Waals surface area (Å²) in [6.07, 6.45) is 1.75. The highest BCUT2D eigenvalue weighted by Gasteiger charge is 2.31. The van der Waals surface area contributed by atoms with Crippen molar-refractivity contribution in [1.82, 2.24) is 5.32 Å². The van der Waals surface area contributed by atoms with E-state index in [1.54, 1.807) is 0 Å². The van der Waals surface area contributed by atoms with Crippen LogP contribution in [-0.2, 0) is 20.7 Å². The molecular weight excluding hydrogens is 306 g/mol. The maximum absolute atomic E-state index is 12.3. The van der Waals surface area contributed by atoms with Gasteiger partial charge in [0.2, 0.25) is 5.91 Å². The molecule has 1 amide bonds. The molecule has 2 aromatic carbocycles. The molecule has 0 radical (unpaired) electrons. The van der Waals surface area contributed by atoms with Crippen molar-refractivity contribution in [2.24, 2.45) is 5.92 Å². The fourth-order valence-electron chi connectivity index (χ4n) is 3.17. The summed E-state index contributed by atoms with van der Waals surface area (Å²) in [4.78, 5) is 23.8. The van der Waals surface area contributed by atoms with E-state index in [9.17, 15) is 14.7 Å². The highest BCUT2D eigenvalue weighted by molar-refractivity contribution is 5.87. The lowest BCUT2D eigenvalue weighted by Crippen LogP contribution is -2.48. The predicted molar refractivity (Wildman–Crippen MR) is 90.8 cm³/mol. The Morgan fingerprint density at radius 1 is 1.21 bits per heavy atom. The van der Waals surface area contributed by atoms with Crippen LogP contribution in [0.15, 0.2) is 42.5 Å². The van der Waals surface area contributed by atoms with Crippen LogP contribution in [-0.4, -0.2) is 36.2 Å². The molecular formula is C19H21NO4. The Labute approximate surface area is 140 Å². The first-order valence-corrected chi connectivity index (χ1v) is 8.21. The van der Waals surface area contributed by atoms with Gasteiger partial charge in [-0.3, -0.25) is 4.79 Å². The first kappa shape index (κ1) is 16.5. The van der Waals surface area contributed by atoms with Crippen LogP contribution in [0.25, 0.3) is 10.8 Å². The van der Waals surface area contributed by atoms with E-state index in [1.165, 1.54) is 0 Å². The number of aliphatic carboxylic acids is 1. The number of carboxylic acids is 1. The van der Waals surface area contributed by atoms with E-state index in [0.717, 1.165) is 29.2 Å². The molecule has 3 rings (SSSR count). The lowest BCUT2D eigenvalue weighted by molar-refractivity contribution is -0.145. The zero-order valence-corrected chi connectivity index (χ0v) is 13.4. The Balaban J connectivity index is 1.67. The molecule has 1 fully saturated rings. The van der Waals surface area contributed by atoms with Gasteiger partial charge < -0.3 is 15.2 Å². The van der Waals surface area contributed by atoms with E-state index in [0.29, 0.717) is 13.2 Å². The summed E-state index contributed by atoms with van der Waals surface area (Å²) in [5.41, 5.74) is 0.871. The van der Waals surface area contributed by atoms with Crippen LogP contribution < -0.4 is 5.32 Å². The van der Waals surface area contributed by atoms with Crippen molar-refractivity contribution >= 4 is 22.6 Å². The van der Waals surface area contributed by atoms with Gasteiger partial charge in [-0.05, 0) is 29.2 Å². The van der Waals surface area contributed by atoms with Crippen LogP contribution in [0.2, 0.25) is 0 Å². The number of ether oxygens (including phenoxy) is 1. The van der Waals surface area contributed by atoms with Gasteiger partial charge in [0.25, 0.3) is 0 Å². The van der Waals surface area contributed by atoms with Crippen molar-refractivity contribution in [1.29, 1.82) is 0 Å². The molecule has 0 aliphatic carbocycles. The van der Waals surface area contributed by atoms with Gasteiger partial charge in [-0.25, -0.2) is 4.79 Å². The van der Waals surface area contributed by atoms with Gasteiger partial charge in [-0.1, -0.05) is 42.5 Å². The molecule has 5 nitrogen and oxygen atoms in total. The molecule has 0 aromatic heterocycles. The third-order valence-corrected chi connectivity index (χ3v) is 4.43. The first-order valence-electron chi connectivity index (χ1n) is 8.21. The first-order chi connectivity index (χ1) is 11.6. The molecule has 2 aromatic rings. The summed E-state index contributed by atoms with van der Waals surface area (Å²) in [6, 6.07) is 12.9. The molecule has 2 unspecified atom stereocenters. The summed E-state index contributed by atoms with van der Waals surface area (Å²) >= 11 is 0. The average molecular weight is 327 g/mol. The average Bonchev–Trinajstić information content (AvgIpc) is 2.60. The smallest absolute Gasteiger partial charge is 0.326 e. The standard InChI is InChI=1S/C19H21NO4/c21-17(20-18(19(22)23)16-6-3-9-24-12-16)11-13-7-8-14-4-1-2-5-15(14)10-13/h1-2,4-5,7-8,10,16,18H,3,6,9,11-12H2,(H,20,21)(H,22,23). The quantitative estimate of drug-likeness (QED) is 0.884. The van der Waals surface area contributed by atoms with E-state index < -0.39 is 12.0 Å². The number of rotatable bonds is 5. The lowest BCUT2D eigenvalue weighted by atomic mass is 9.93.